The third-order valence-electron chi connectivity index (χ3n) is 3.63. The lowest BCUT2D eigenvalue weighted by Crippen LogP contribution is -2.28. The van der Waals surface area contributed by atoms with Crippen molar-refractivity contribution in [1.82, 2.24) is 0 Å². The average Bonchev–Trinajstić information content (AvgIpc) is 2.24. The molecule has 0 aromatic rings. The van der Waals surface area contributed by atoms with Crippen molar-refractivity contribution in [2.75, 3.05) is 0 Å². The van der Waals surface area contributed by atoms with Gasteiger partial charge in [0, 0.05) is 25.2 Å². The van der Waals surface area contributed by atoms with Gasteiger partial charge in [-0.15, -0.1) is 0 Å². The van der Waals surface area contributed by atoms with Gasteiger partial charge in [-0.1, -0.05) is 0 Å². The smallest absolute Gasteiger partial charge is 0.207 e. The molecule has 0 aromatic carbocycles. The Balaban J connectivity index is 2.37. The fraction of sp³-hybridized carbons (Fsp3) is 0.923. The van der Waals surface area contributed by atoms with Crippen LogP contribution < -0.4 is 0 Å². The van der Waals surface area contributed by atoms with Crippen LogP contribution in [0.4, 0.5) is 17.6 Å². The molecule has 1 saturated carbocycles. The second-order valence-electron chi connectivity index (χ2n) is 5.39. The Morgan fingerprint density at radius 1 is 1.33 bits per heavy atom. The van der Waals surface area contributed by atoms with Crippen molar-refractivity contribution in [3.05, 3.63) is 0 Å². The summed E-state index contributed by atoms with van der Waals surface area (Å²) in [5, 5.41) is 9.01. The minimum Gasteiger partial charge on any atom is -0.207 e. The first-order chi connectivity index (χ1) is 8.23. The highest BCUT2D eigenvalue weighted by atomic mass is 19.3. The number of hydrogen-bond acceptors (Lipinski definition) is 1. The van der Waals surface area contributed by atoms with Gasteiger partial charge in [0.05, 0.1) is 6.07 Å². The summed E-state index contributed by atoms with van der Waals surface area (Å²) >= 11 is 0. The van der Waals surface area contributed by atoms with Crippen LogP contribution in [0, 0.1) is 23.2 Å². The quantitative estimate of drug-likeness (QED) is 0.656. The van der Waals surface area contributed by atoms with Crippen LogP contribution >= 0.6 is 0 Å². The van der Waals surface area contributed by atoms with Gasteiger partial charge in [0.1, 0.15) is 0 Å². The SMILES string of the molecule is CC(F)(F)CCCC(C#N)C1CCC(F)(F)CC1. The van der Waals surface area contributed by atoms with E-state index < -0.39 is 11.8 Å². The molecule has 18 heavy (non-hydrogen) atoms. The van der Waals surface area contributed by atoms with Crippen LogP contribution in [0.1, 0.15) is 51.9 Å². The maximum Gasteiger partial charge on any atom is 0.248 e. The second kappa shape index (κ2) is 5.90. The number of nitriles is 1. The van der Waals surface area contributed by atoms with Crippen LogP contribution in [0.3, 0.4) is 0 Å². The van der Waals surface area contributed by atoms with Gasteiger partial charge in [0.15, 0.2) is 0 Å². The summed E-state index contributed by atoms with van der Waals surface area (Å²) in [6.07, 6.45) is 0.708. The molecule has 0 heterocycles. The molecular formula is C13H19F4N. The lowest BCUT2D eigenvalue weighted by molar-refractivity contribution is -0.0504. The highest BCUT2D eigenvalue weighted by molar-refractivity contribution is 4.92. The molecule has 0 aliphatic heterocycles. The molecule has 1 unspecified atom stereocenters. The third kappa shape index (κ3) is 5.24. The number of hydrogen-bond donors (Lipinski definition) is 0. The highest BCUT2D eigenvalue weighted by Crippen LogP contribution is 2.40. The largest absolute Gasteiger partial charge is 0.248 e. The van der Waals surface area contributed by atoms with Gasteiger partial charge in [-0.25, -0.2) is 17.6 Å². The van der Waals surface area contributed by atoms with Crippen LogP contribution in [0.5, 0.6) is 0 Å². The Hall–Kier alpha value is -0.790. The molecule has 0 saturated heterocycles. The van der Waals surface area contributed by atoms with Crippen molar-refractivity contribution in [2.24, 2.45) is 11.8 Å². The summed E-state index contributed by atoms with van der Waals surface area (Å²) < 4.78 is 51.2. The fourth-order valence-corrected chi connectivity index (χ4v) is 2.50. The lowest BCUT2D eigenvalue weighted by atomic mass is 9.77. The topological polar surface area (TPSA) is 23.8 Å². The molecule has 104 valence electrons. The van der Waals surface area contributed by atoms with E-state index in [-0.39, 0.29) is 37.5 Å². The predicted octanol–water partition coefficient (Wildman–Crippen LogP) is 4.78. The minimum atomic E-state index is -2.71. The van der Waals surface area contributed by atoms with Crippen molar-refractivity contribution in [1.29, 1.82) is 5.26 Å². The van der Waals surface area contributed by atoms with E-state index in [4.69, 9.17) is 5.26 Å². The number of rotatable bonds is 5. The monoisotopic (exact) mass is 265 g/mol. The second-order valence-corrected chi connectivity index (χ2v) is 5.39. The predicted molar refractivity (Wildman–Crippen MR) is 60.5 cm³/mol. The lowest BCUT2D eigenvalue weighted by Gasteiger charge is -2.30. The van der Waals surface area contributed by atoms with Gasteiger partial charge >= 0.3 is 0 Å². The molecule has 0 aromatic heterocycles. The van der Waals surface area contributed by atoms with Crippen LogP contribution in [0.15, 0.2) is 0 Å². The van der Waals surface area contributed by atoms with Crippen LogP contribution in [0.2, 0.25) is 0 Å². The summed E-state index contributed by atoms with van der Waals surface area (Å²) in [5.74, 6) is -5.73. The van der Waals surface area contributed by atoms with Crippen molar-refractivity contribution in [3.63, 3.8) is 0 Å². The molecule has 1 nitrogen and oxygen atoms in total. The van der Waals surface area contributed by atoms with Gasteiger partial charge in [-0.3, -0.25) is 0 Å². The molecule has 0 N–H and O–H groups in total. The zero-order valence-electron chi connectivity index (χ0n) is 10.6. The fourth-order valence-electron chi connectivity index (χ4n) is 2.50. The summed E-state index contributed by atoms with van der Waals surface area (Å²) in [7, 11) is 0. The maximum atomic E-state index is 13.0. The zero-order valence-corrected chi connectivity index (χ0v) is 10.6. The van der Waals surface area contributed by atoms with E-state index in [1.54, 1.807) is 0 Å². The van der Waals surface area contributed by atoms with Crippen LogP contribution in [-0.4, -0.2) is 11.8 Å². The minimum absolute atomic E-state index is 0.0555. The van der Waals surface area contributed by atoms with Crippen molar-refractivity contribution < 1.29 is 17.6 Å². The Labute approximate surface area is 105 Å². The molecule has 1 fully saturated rings. The van der Waals surface area contributed by atoms with E-state index in [0.717, 1.165) is 6.92 Å². The number of alkyl halides is 4. The summed E-state index contributed by atoms with van der Waals surface area (Å²) in [6, 6.07) is 2.10. The standard InChI is InChI=1S/C13H19F4N/c1-12(14,15)6-2-3-11(9-18)10-4-7-13(16,17)8-5-10/h10-11H,2-8H2,1H3. The molecule has 5 heteroatoms. The summed E-state index contributed by atoms with van der Waals surface area (Å²) in [4.78, 5) is 0. The van der Waals surface area contributed by atoms with Crippen molar-refractivity contribution in [2.45, 2.75) is 63.7 Å². The normalized spacial score (nSPS) is 22.4. The van der Waals surface area contributed by atoms with E-state index >= 15 is 0 Å². The molecule has 0 bridgehead atoms. The van der Waals surface area contributed by atoms with E-state index in [1.807, 2.05) is 0 Å². The van der Waals surface area contributed by atoms with Gasteiger partial charge in [0.25, 0.3) is 0 Å². The van der Waals surface area contributed by atoms with E-state index in [2.05, 4.69) is 6.07 Å². The maximum absolute atomic E-state index is 13.0. The van der Waals surface area contributed by atoms with Crippen molar-refractivity contribution >= 4 is 0 Å². The number of halogens is 4. The molecule has 1 aliphatic rings. The molecule has 1 aliphatic carbocycles. The molecule has 0 spiro atoms. The van der Waals surface area contributed by atoms with Gasteiger partial charge in [0.2, 0.25) is 11.8 Å². The Kier molecular flexibility index (Phi) is 5.01. The van der Waals surface area contributed by atoms with E-state index in [1.165, 1.54) is 0 Å². The first kappa shape index (κ1) is 15.3. The van der Waals surface area contributed by atoms with Gasteiger partial charge < -0.3 is 0 Å². The number of nitrogens with zero attached hydrogens (tertiary/aromatic N) is 1. The van der Waals surface area contributed by atoms with E-state index in [0.29, 0.717) is 19.3 Å². The molecule has 0 radical (unpaired) electrons. The van der Waals surface area contributed by atoms with Gasteiger partial charge in [-0.2, -0.15) is 5.26 Å². The van der Waals surface area contributed by atoms with Crippen LogP contribution in [-0.2, 0) is 0 Å². The molecule has 0 amide bonds. The average molecular weight is 265 g/mol. The first-order valence-corrected chi connectivity index (χ1v) is 6.39. The third-order valence-corrected chi connectivity index (χ3v) is 3.63. The van der Waals surface area contributed by atoms with Gasteiger partial charge in [-0.05, 0) is 38.5 Å². The Morgan fingerprint density at radius 2 is 1.89 bits per heavy atom. The van der Waals surface area contributed by atoms with Crippen LogP contribution in [0.25, 0.3) is 0 Å². The molecular weight excluding hydrogens is 246 g/mol. The first-order valence-electron chi connectivity index (χ1n) is 6.39. The molecule has 1 atom stereocenters. The van der Waals surface area contributed by atoms with Crippen molar-refractivity contribution in [3.8, 4) is 6.07 Å². The van der Waals surface area contributed by atoms with E-state index in [9.17, 15) is 17.6 Å². The summed E-state index contributed by atoms with van der Waals surface area (Å²) in [6.45, 7) is 0.857. The summed E-state index contributed by atoms with van der Waals surface area (Å²) in [5.41, 5.74) is 0. The zero-order chi connectivity index (χ0) is 13.8. The Morgan fingerprint density at radius 3 is 2.33 bits per heavy atom. The Bertz CT molecular complexity index is 293. The molecule has 1 rings (SSSR count). The highest BCUT2D eigenvalue weighted by Gasteiger charge is 2.37.